The number of hydrogen-bond acceptors (Lipinski definition) is 4. The van der Waals surface area contributed by atoms with Crippen LogP contribution in [0.3, 0.4) is 0 Å². The van der Waals surface area contributed by atoms with Crippen molar-refractivity contribution in [2.75, 3.05) is 13.6 Å². The first-order valence-corrected chi connectivity index (χ1v) is 7.33. The second-order valence-electron chi connectivity index (χ2n) is 4.41. The van der Waals surface area contributed by atoms with Gasteiger partial charge in [-0.05, 0) is 13.0 Å². The zero-order valence-electron chi connectivity index (χ0n) is 12.1. The SMILES string of the molecule is CN=C(NCCc1ncc(C)s1)NCc1ccnn1C. The van der Waals surface area contributed by atoms with Gasteiger partial charge in [0.1, 0.15) is 0 Å². The van der Waals surface area contributed by atoms with E-state index in [0.29, 0.717) is 6.54 Å². The molecule has 0 aromatic carbocycles. The third kappa shape index (κ3) is 4.06. The Morgan fingerprint density at radius 3 is 2.90 bits per heavy atom. The van der Waals surface area contributed by atoms with E-state index in [-0.39, 0.29) is 0 Å². The number of rotatable bonds is 5. The second kappa shape index (κ2) is 7.04. The molecule has 0 aliphatic carbocycles. The van der Waals surface area contributed by atoms with E-state index < -0.39 is 0 Å². The molecule has 108 valence electrons. The Morgan fingerprint density at radius 2 is 2.30 bits per heavy atom. The number of hydrogen-bond donors (Lipinski definition) is 2. The molecule has 2 N–H and O–H groups in total. The molecular formula is C13H20N6S. The van der Waals surface area contributed by atoms with Crippen LogP contribution in [0.1, 0.15) is 15.6 Å². The lowest BCUT2D eigenvalue weighted by molar-refractivity contribution is 0.684. The van der Waals surface area contributed by atoms with Crippen LogP contribution < -0.4 is 10.6 Å². The van der Waals surface area contributed by atoms with Gasteiger partial charge in [0.2, 0.25) is 0 Å². The summed E-state index contributed by atoms with van der Waals surface area (Å²) in [6, 6.07) is 1.98. The van der Waals surface area contributed by atoms with Gasteiger partial charge in [-0.2, -0.15) is 5.10 Å². The number of thiazole rings is 1. The highest BCUT2D eigenvalue weighted by molar-refractivity contribution is 7.11. The fraction of sp³-hybridized carbons (Fsp3) is 0.462. The highest BCUT2D eigenvalue weighted by Gasteiger charge is 2.02. The van der Waals surface area contributed by atoms with Crippen molar-refractivity contribution < 1.29 is 0 Å². The molecule has 0 spiro atoms. The number of nitrogens with zero attached hydrogens (tertiary/aromatic N) is 4. The van der Waals surface area contributed by atoms with Crippen LogP contribution in [-0.2, 0) is 20.0 Å². The molecule has 0 saturated heterocycles. The topological polar surface area (TPSA) is 67.1 Å². The van der Waals surface area contributed by atoms with Crippen LogP contribution in [-0.4, -0.2) is 34.3 Å². The van der Waals surface area contributed by atoms with Crippen molar-refractivity contribution in [3.63, 3.8) is 0 Å². The average molecular weight is 292 g/mol. The molecule has 0 saturated carbocycles. The van der Waals surface area contributed by atoms with Crippen molar-refractivity contribution in [1.82, 2.24) is 25.4 Å². The predicted molar refractivity (Wildman–Crippen MR) is 82.0 cm³/mol. The van der Waals surface area contributed by atoms with Crippen LogP contribution in [0.4, 0.5) is 0 Å². The van der Waals surface area contributed by atoms with Crippen LogP contribution in [0.15, 0.2) is 23.5 Å². The van der Waals surface area contributed by atoms with Crippen LogP contribution in [0.5, 0.6) is 0 Å². The third-order valence-corrected chi connectivity index (χ3v) is 3.86. The molecule has 2 aromatic heterocycles. The van der Waals surface area contributed by atoms with Gasteiger partial charge in [-0.3, -0.25) is 9.67 Å². The smallest absolute Gasteiger partial charge is 0.191 e. The Balaban J connectivity index is 1.74. The molecular weight excluding hydrogens is 272 g/mol. The van der Waals surface area contributed by atoms with E-state index >= 15 is 0 Å². The maximum Gasteiger partial charge on any atom is 0.191 e. The Hall–Kier alpha value is -1.89. The Kier molecular flexibility index (Phi) is 5.11. The highest BCUT2D eigenvalue weighted by atomic mass is 32.1. The van der Waals surface area contributed by atoms with Crippen molar-refractivity contribution >= 4 is 17.3 Å². The molecule has 0 bridgehead atoms. The molecule has 6 nitrogen and oxygen atoms in total. The summed E-state index contributed by atoms with van der Waals surface area (Å²) in [6.45, 7) is 3.59. The van der Waals surface area contributed by atoms with E-state index in [9.17, 15) is 0 Å². The fourth-order valence-electron chi connectivity index (χ4n) is 1.77. The zero-order valence-corrected chi connectivity index (χ0v) is 12.9. The maximum absolute atomic E-state index is 4.34. The van der Waals surface area contributed by atoms with Crippen LogP contribution in [0.2, 0.25) is 0 Å². The monoisotopic (exact) mass is 292 g/mol. The summed E-state index contributed by atoms with van der Waals surface area (Å²) < 4.78 is 1.85. The van der Waals surface area contributed by atoms with Gasteiger partial charge >= 0.3 is 0 Å². The first-order chi connectivity index (χ1) is 9.69. The van der Waals surface area contributed by atoms with Crippen LogP contribution in [0, 0.1) is 6.92 Å². The normalized spacial score (nSPS) is 11.7. The third-order valence-electron chi connectivity index (χ3n) is 2.88. The van der Waals surface area contributed by atoms with Crippen molar-refractivity contribution in [1.29, 1.82) is 0 Å². The molecule has 0 radical (unpaired) electrons. The molecule has 0 aliphatic rings. The quantitative estimate of drug-likeness (QED) is 0.639. The summed E-state index contributed by atoms with van der Waals surface area (Å²) in [7, 11) is 3.70. The minimum atomic E-state index is 0.701. The van der Waals surface area contributed by atoms with E-state index in [1.807, 2.05) is 24.0 Å². The molecule has 2 aromatic rings. The minimum absolute atomic E-state index is 0.701. The molecule has 0 atom stereocenters. The van der Waals surface area contributed by atoms with Gasteiger partial charge in [-0.1, -0.05) is 0 Å². The number of aliphatic imine (C=N–C) groups is 1. The van der Waals surface area contributed by atoms with Gasteiger partial charge in [0.05, 0.1) is 17.2 Å². The number of aromatic nitrogens is 3. The van der Waals surface area contributed by atoms with Gasteiger partial charge in [0, 0.05) is 44.3 Å². The molecule has 0 fully saturated rings. The van der Waals surface area contributed by atoms with Crippen LogP contribution in [0.25, 0.3) is 0 Å². The summed E-state index contributed by atoms with van der Waals surface area (Å²) >= 11 is 1.74. The Morgan fingerprint density at radius 1 is 1.45 bits per heavy atom. The minimum Gasteiger partial charge on any atom is -0.356 e. The van der Waals surface area contributed by atoms with Crippen molar-refractivity contribution in [3.8, 4) is 0 Å². The lowest BCUT2D eigenvalue weighted by Crippen LogP contribution is -2.38. The summed E-state index contributed by atoms with van der Waals surface area (Å²) in [5, 5.41) is 11.8. The van der Waals surface area contributed by atoms with Crippen molar-refractivity contribution in [2.24, 2.45) is 12.0 Å². The zero-order chi connectivity index (χ0) is 14.4. The number of guanidine groups is 1. The summed E-state index contributed by atoms with van der Waals surface area (Å²) in [6.07, 6.45) is 4.61. The van der Waals surface area contributed by atoms with Gasteiger partial charge in [-0.15, -0.1) is 11.3 Å². The summed E-state index contributed by atoms with van der Waals surface area (Å²) in [5.74, 6) is 0.791. The van der Waals surface area contributed by atoms with Gasteiger partial charge < -0.3 is 10.6 Å². The van der Waals surface area contributed by atoms with Gasteiger partial charge in [-0.25, -0.2) is 4.98 Å². The molecule has 0 aliphatic heterocycles. The number of nitrogens with one attached hydrogen (secondary N) is 2. The van der Waals surface area contributed by atoms with Crippen molar-refractivity contribution in [2.45, 2.75) is 19.9 Å². The average Bonchev–Trinajstić information content (AvgIpc) is 3.03. The molecule has 20 heavy (non-hydrogen) atoms. The van der Waals surface area contributed by atoms with E-state index in [4.69, 9.17) is 0 Å². The standard InChI is InChI=1S/C13H20N6S/c1-10-8-16-12(20-10)5-6-15-13(14-2)17-9-11-4-7-18-19(11)3/h4,7-8H,5-6,9H2,1-3H3,(H2,14,15,17). The first-order valence-electron chi connectivity index (χ1n) is 6.51. The summed E-state index contributed by atoms with van der Waals surface area (Å²) in [4.78, 5) is 9.79. The van der Waals surface area contributed by atoms with Gasteiger partial charge in [0.25, 0.3) is 0 Å². The Labute approximate surface area is 123 Å². The second-order valence-corrected chi connectivity index (χ2v) is 5.73. The lowest BCUT2D eigenvalue weighted by atomic mass is 10.4. The van der Waals surface area contributed by atoms with Crippen molar-refractivity contribution in [3.05, 3.63) is 34.0 Å². The largest absolute Gasteiger partial charge is 0.356 e. The fourth-order valence-corrected chi connectivity index (χ4v) is 2.56. The molecule has 0 unspecified atom stereocenters. The number of aryl methyl sites for hydroxylation is 2. The highest BCUT2D eigenvalue weighted by Crippen LogP contribution is 2.10. The molecule has 2 rings (SSSR count). The molecule has 7 heteroatoms. The lowest BCUT2D eigenvalue weighted by Gasteiger charge is -2.11. The van der Waals surface area contributed by atoms with E-state index in [1.165, 1.54) is 4.88 Å². The van der Waals surface area contributed by atoms with E-state index in [1.54, 1.807) is 24.6 Å². The predicted octanol–water partition coefficient (Wildman–Crippen LogP) is 1.09. The maximum atomic E-state index is 4.34. The molecule has 0 amide bonds. The summed E-state index contributed by atoms with van der Waals surface area (Å²) in [5.41, 5.74) is 1.11. The molecule has 2 heterocycles. The van der Waals surface area contributed by atoms with E-state index in [0.717, 1.165) is 29.6 Å². The van der Waals surface area contributed by atoms with Gasteiger partial charge in [0.15, 0.2) is 5.96 Å². The van der Waals surface area contributed by atoms with E-state index in [2.05, 4.69) is 32.6 Å². The first kappa shape index (κ1) is 14.5. The Bertz CT molecular complexity index is 571. The van der Waals surface area contributed by atoms with Crippen LogP contribution >= 0.6 is 11.3 Å².